The molecule has 0 saturated heterocycles. The van der Waals surface area contributed by atoms with Gasteiger partial charge in [0.05, 0.1) is 18.2 Å². The van der Waals surface area contributed by atoms with Crippen molar-refractivity contribution in [3.05, 3.63) is 76.7 Å². The van der Waals surface area contributed by atoms with Crippen molar-refractivity contribution in [1.29, 1.82) is 0 Å². The van der Waals surface area contributed by atoms with Crippen molar-refractivity contribution in [3.8, 4) is 0 Å². The first-order chi connectivity index (χ1) is 11.5. The topological polar surface area (TPSA) is 78.6 Å². The Morgan fingerprint density at radius 2 is 1.88 bits per heavy atom. The van der Waals surface area contributed by atoms with Crippen molar-refractivity contribution in [2.75, 3.05) is 7.11 Å². The number of rotatable bonds is 3. The summed E-state index contributed by atoms with van der Waals surface area (Å²) in [6, 6.07) is 14.2. The summed E-state index contributed by atoms with van der Waals surface area (Å²) in [6.07, 6.45) is -0.762. The number of hydrogen-bond acceptors (Lipinski definition) is 5. The van der Waals surface area contributed by atoms with Gasteiger partial charge < -0.3 is 15.2 Å². The predicted octanol–water partition coefficient (Wildman–Crippen LogP) is 2.75. The first-order valence-corrected chi connectivity index (χ1v) is 7.48. The van der Waals surface area contributed by atoms with Gasteiger partial charge in [0.1, 0.15) is 0 Å². The highest BCUT2D eigenvalue weighted by Gasteiger charge is 2.36. The lowest BCUT2D eigenvalue weighted by molar-refractivity contribution is -0.120. The summed E-state index contributed by atoms with van der Waals surface area (Å²) < 4.78 is 10.3. The Bertz CT molecular complexity index is 840. The van der Waals surface area contributed by atoms with E-state index in [-0.39, 0.29) is 11.7 Å². The maximum atomic E-state index is 12.8. The average Bonchev–Trinajstić information content (AvgIpc) is 2.90. The molecule has 0 aromatic heterocycles. The molecular weight excluding hydrogens is 306 g/mol. The van der Waals surface area contributed by atoms with E-state index in [2.05, 4.69) is 0 Å². The number of nitrogens with two attached hydrogens (primary N) is 1. The quantitative estimate of drug-likeness (QED) is 0.879. The molecule has 1 unspecified atom stereocenters. The highest BCUT2D eigenvalue weighted by molar-refractivity contribution is 6.25. The van der Waals surface area contributed by atoms with Crippen LogP contribution >= 0.6 is 0 Å². The van der Waals surface area contributed by atoms with Gasteiger partial charge in [-0.15, -0.1) is 0 Å². The van der Waals surface area contributed by atoms with Gasteiger partial charge in [0.2, 0.25) is 5.78 Å². The Balaban J connectivity index is 2.02. The van der Waals surface area contributed by atoms with Crippen LogP contribution in [0, 0.1) is 6.92 Å². The molecule has 0 saturated carbocycles. The van der Waals surface area contributed by atoms with Crippen LogP contribution in [0.1, 0.15) is 33.2 Å². The zero-order chi connectivity index (χ0) is 17.3. The largest absolute Gasteiger partial charge is 0.465 e. The molecule has 24 heavy (non-hydrogen) atoms. The van der Waals surface area contributed by atoms with Gasteiger partial charge in [0, 0.05) is 5.56 Å². The van der Waals surface area contributed by atoms with Crippen LogP contribution < -0.4 is 5.73 Å². The zero-order valence-corrected chi connectivity index (χ0v) is 13.4. The summed E-state index contributed by atoms with van der Waals surface area (Å²) in [5, 5.41) is 0. The second-order valence-electron chi connectivity index (χ2n) is 5.53. The summed E-state index contributed by atoms with van der Waals surface area (Å²) in [4.78, 5) is 24.6. The van der Waals surface area contributed by atoms with Crippen LogP contribution in [-0.2, 0) is 14.3 Å². The molecule has 0 spiro atoms. The Labute approximate surface area is 139 Å². The number of carbonyl (C=O) groups is 2. The lowest BCUT2D eigenvalue weighted by Gasteiger charge is -2.10. The number of benzene rings is 2. The molecule has 1 heterocycles. The van der Waals surface area contributed by atoms with E-state index in [1.54, 1.807) is 18.2 Å². The van der Waals surface area contributed by atoms with Crippen LogP contribution in [0.15, 0.2) is 54.4 Å². The van der Waals surface area contributed by atoms with Gasteiger partial charge in [0.15, 0.2) is 12.0 Å². The van der Waals surface area contributed by atoms with Crippen LogP contribution in [0.5, 0.6) is 0 Å². The van der Waals surface area contributed by atoms with Gasteiger partial charge in [-0.05, 0) is 30.2 Å². The van der Waals surface area contributed by atoms with Gasteiger partial charge >= 0.3 is 5.97 Å². The summed E-state index contributed by atoms with van der Waals surface area (Å²) in [7, 11) is 1.31. The molecule has 1 atom stereocenters. The van der Waals surface area contributed by atoms with Crippen molar-refractivity contribution >= 4 is 17.3 Å². The molecule has 122 valence electrons. The highest BCUT2D eigenvalue weighted by Crippen LogP contribution is 2.37. The van der Waals surface area contributed by atoms with Crippen molar-refractivity contribution in [2.45, 2.75) is 13.0 Å². The third kappa shape index (κ3) is 2.65. The Morgan fingerprint density at radius 3 is 2.54 bits per heavy atom. The average molecular weight is 323 g/mol. The molecule has 0 bridgehead atoms. The van der Waals surface area contributed by atoms with Gasteiger partial charge in [-0.3, -0.25) is 4.79 Å². The smallest absolute Gasteiger partial charge is 0.337 e. The van der Waals surface area contributed by atoms with Crippen molar-refractivity contribution in [2.24, 2.45) is 5.73 Å². The number of esters is 1. The third-order valence-electron chi connectivity index (χ3n) is 4.01. The van der Waals surface area contributed by atoms with Gasteiger partial charge in [0.25, 0.3) is 0 Å². The van der Waals surface area contributed by atoms with Crippen molar-refractivity contribution in [3.63, 3.8) is 0 Å². The molecule has 2 aromatic carbocycles. The first-order valence-electron chi connectivity index (χ1n) is 7.48. The minimum absolute atomic E-state index is 0.0685. The summed E-state index contributed by atoms with van der Waals surface area (Å²) in [5.41, 5.74) is 8.78. The van der Waals surface area contributed by atoms with Gasteiger partial charge in [-0.2, -0.15) is 0 Å². The minimum Gasteiger partial charge on any atom is -0.465 e. The molecule has 5 heteroatoms. The summed E-state index contributed by atoms with van der Waals surface area (Å²) in [6.45, 7) is 1.85. The molecule has 0 aliphatic carbocycles. The van der Waals surface area contributed by atoms with E-state index in [4.69, 9.17) is 15.2 Å². The molecule has 2 aromatic rings. The SMILES string of the molecule is COC(=O)c1ccc(C)c(C2=C(N)OC(c3ccccc3)C2=O)c1. The normalized spacial score (nSPS) is 16.9. The number of Topliss-reactive ketones (excluding diaryl/α,β-unsaturated/α-hetero) is 1. The van der Waals surface area contributed by atoms with E-state index in [1.807, 2.05) is 37.3 Å². The van der Waals surface area contributed by atoms with Gasteiger partial charge in [-0.25, -0.2) is 4.79 Å². The second-order valence-corrected chi connectivity index (χ2v) is 5.53. The standard InChI is InChI=1S/C19H17NO4/c1-11-8-9-13(19(22)23-2)10-14(11)15-16(21)17(24-18(15)20)12-6-4-3-5-7-12/h3-10,17H,20H2,1-2H3. The molecule has 1 aliphatic heterocycles. The first kappa shape index (κ1) is 15.8. The van der Waals surface area contributed by atoms with E-state index in [9.17, 15) is 9.59 Å². The lowest BCUT2D eigenvalue weighted by Crippen LogP contribution is -2.10. The Kier molecular flexibility index (Phi) is 4.08. The van der Waals surface area contributed by atoms with Crippen LogP contribution in [-0.4, -0.2) is 18.9 Å². The fourth-order valence-electron chi connectivity index (χ4n) is 2.74. The van der Waals surface area contributed by atoms with E-state index >= 15 is 0 Å². The fraction of sp³-hybridized carbons (Fsp3) is 0.158. The molecule has 2 N–H and O–H groups in total. The number of carbonyl (C=O) groups excluding carboxylic acids is 2. The minimum atomic E-state index is -0.762. The monoisotopic (exact) mass is 323 g/mol. The third-order valence-corrected chi connectivity index (χ3v) is 4.01. The van der Waals surface area contributed by atoms with Crippen LogP contribution in [0.2, 0.25) is 0 Å². The number of aryl methyl sites for hydroxylation is 1. The zero-order valence-electron chi connectivity index (χ0n) is 13.4. The molecular formula is C19H17NO4. The maximum absolute atomic E-state index is 12.8. The molecule has 1 aliphatic rings. The molecule has 3 rings (SSSR count). The molecule has 0 radical (unpaired) electrons. The van der Waals surface area contributed by atoms with E-state index < -0.39 is 12.1 Å². The number of ketones is 1. The van der Waals surface area contributed by atoms with Gasteiger partial charge in [-0.1, -0.05) is 36.4 Å². The fourth-order valence-corrected chi connectivity index (χ4v) is 2.74. The van der Waals surface area contributed by atoms with E-state index in [0.29, 0.717) is 16.7 Å². The number of hydrogen-bond donors (Lipinski definition) is 1. The van der Waals surface area contributed by atoms with Crippen LogP contribution in [0.3, 0.4) is 0 Å². The molecule has 0 amide bonds. The van der Waals surface area contributed by atoms with Crippen LogP contribution in [0.25, 0.3) is 5.57 Å². The molecule has 0 fully saturated rings. The molecule has 5 nitrogen and oxygen atoms in total. The number of methoxy groups -OCH3 is 1. The summed E-state index contributed by atoms with van der Waals surface area (Å²) >= 11 is 0. The Morgan fingerprint density at radius 1 is 1.17 bits per heavy atom. The van der Waals surface area contributed by atoms with Crippen molar-refractivity contribution in [1.82, 2.24) is 0 Å². The summed E-state index contributed by atoms with van der Waals surface area (Å²) in [5.74, 6) is -0.621. The number of ether oxygens (including phenoxy) is 2. The van der Waals surface area contributed by atoms with Crippen molar-refractivity contribution < 1.29 is 19.1 Å². The predicted molar refractivity (Wildman–Crippen MR) is 88.9 cm³/mol. The van der Waals surface area contributed by atoms with E-state index in [1.165, 1.54) is 7.11 Å². The second kappa shape index (κ2) is 6.20. The lowest BCUT2D eigenvalue weighted by atomic mass is 9.93. The Hall–Kier alpha value is -3.08. The highest BCUT2D eigenvalue weighted by atomic mass is 16.5. The van der Waals surface area contributed by atoms with Crippen LogP contribution in [0.4, 0.5) is 0 Å². The maximum Gasteiger partial charge on any atom is 0.337 e. The van der Waals surface area contributed by atoms with E-state index in [0.717, 1.165) is 11.1 Å².